The van der Waals surface area contributed by atoms with Crippen LogP contribution in [-0.4, -0.2) is 76.0 Å². The number of ether oxygens (including phenoxy) is 1. The lowest BCUT2D eigenvalue weighted by Crippen LogP contribution is -2.44. The number of piperidine rings is 1. The maximum Gasteiger partial charge on any atom is 0.291 e. The monoisotopic (exact) mass is 601 g/mol. The van der Waals surface area contributed by atoms with Gasteiger partial charge in [-0.3, -0.25) is 14.4 Å². The first-order chi connectivity index (χ1) is 20.1. The summed E-state index contributed by atoms with van der Waals surface area (Å²) >= 11 is 6.43. The first-order valence-corrected chi connectivity index (χ1v) is 13.9. The second kappa shape index (κ2) is 12.2. The minimum atomic E-state index is -1.15. The smallest absolute Gasteiger partial charge is 0.291 e. The number of likely N-dealkylation sites (tertiary alicyclic amines) is 1. The molecule has 2 aromatic carbocycles. The van der Waals surface area contributed by atoms with Crippen molar-refractivity contribution >= 4 is 34.9 Å². The minimum absolute atomic E-state index is 0.0587. The van der Waals surface area contributed by atoms with Gasteiger partial charge in [-0.25, -0.2) is 9.37 Å². The quantitative estimate of drug-likeness (QED) is 0.379. The number of anilines is 1. The summed E-state index contributed by atoms with van der Waals surface area (Å²) in [5, 5.41) is 15.5. The number of aromatic nitrogens is 2. The number of rotatable bonds is 7. The molecule has 13 heteroatoms. The van der Waals surface area contributed by atoms with Crippen molar-refractivity contribution in [3.8, 4) is 17.0 Å². The SMILES string of the molecule is COc1ccc(-c2cnc(C(=O)Nc3ccc(C(=O)N4CCC(C(=O)[C@@H]5C[C@@H](O)CN5)CC4)c(Cl)c3)n2C)c(F)c1F. The number of hydrogen-bond acceptors (Lipinski definition) is 7. The summed E-state index contributed by atoms with van der Waals surface area (Å²) in [6.45, 7) is 1.22. The molecule has 2 aliphatic heterocycles. The van der Waals surface area contributed by atoms with Crippen molar-refractivity contribution in [3.63, 3.8) is 0 Å². The van der Waals surface area contributed by atoms with E-state index in [2.05, 4.69) is 15.6 Å². The third-order valence-electron chi connectivity index (χ3n) is 7.83. The molecule has 0 saturated carbocycles. The Labute approximate surface area is 245 Å². The largest absolute Gasteiger partial charge is 0.494 e. The van der Waals surface area contributed by atoms with E-state index in [1.807, 2.05) is 0 Å². The molecule has 2 saturated heterocycles. The lowest BCUT2D eigenvalue weighted by molar-refractivity contribution is -0.126. The molecule has 2 fully saturated rings. The molecular formula is C29H30ClF2N5O5. The standard InChI is InChI=1S/C29H30ClF2N5O5/c1-36-22(19-5-6-23(42-2)25(32)24(19)31)14-34-27(36)28(40)35-16-3-4-18(20(30)11-16)29(41)37-9-7-15(8-10-37)26(39)21-12-17(38)13-33-21/h3-6,11,14-15,17,21,33,38H,7-10,12-13H2,1-2H3,(H,35,40)/t17-,21+/m1/s1. The fraction of sp³-hybridized carbons (Fsp3) is 0.379. The van der Waals surface area contributed by atoms with Crippen molar-refractivity contribution in [2.24, 2.45) is 13.0 Å². The number of imidazole rings is 1. The molecule has 0 unspecified atom stereocenters. The number of amides is 2. The number of carbonyl (C=O) groups is 3. The Balaban J connectivity index is 1.22. The minimum Gasteiger partial charge on any atom is -0.494 e. The van der Waals surface area contributed by atoms with Gasteiger partial charge in [-0.05, 0) is 49.6 Å². The van der Waals surface area contributed by atoms with Gasteiger partial charge in [0.2, 0.25) is 5.82 Å². The van der Waals surface area contributed by atoms with Crippen LogP contribution in [0.3, 0.4) is 0 Å². The Morgan fingerprint density at radius 1 is 1.14 bits per heavy atom. The second-order valence-corrected chi connectivity index (χ2v) is 10.8. The third kappa shape index (κ3) is 5.74. The van der Waals surface area contributed by atoms with E-state index in [4.69, 9.17) is 16.3 Å². The molecular weight excluding hydrogens is 572 g/mol. The van der Waals surface area contributed by atoms with E-state index < -0.39 is 23.6 Å². The molecule has 42 heavy (non-hydrogen) atoms. The summed E-state index contributed by atoms with van der Waals surface area (Å²) in [5.74, 6) is -3.56. The number of halogens is 3. The number of aliphatic hydroxyl groups excluding tert-OH is 1. The van der Waals surface area contributed by atoms with Gasteiger partial charge in [-0.1, -0.05) is 11.6 Å². The molecule has 5 rings (SSSR count). The number of ketones is 1. The number of β-amino-alcohol motifs (C(OH)–C–C–N with tert-alkyl or cyclic N) is 1. The van der Waals surface area contributed by atoms with Gasteiger partial charge in [0.05, 0.1) is 41.7 Å². The summed E-state index contributed by atoms with van der Waals surface area (Å²) < 4.78 is 35.0. The Bertz CT molecular complexity index is 1540. The van der Waals surface area contributed by atoms with Crippen molar-refractivity contribution in [2.75, 3.05) is 32.1 Å². The van der Waals surface area contributed by atoms with Crippen molar-refractivity contribution < 1.29 is 33.0 Å². The first-order valence-electron chi connectivity index (χ1n) is 13.5. The molecule has 3 N–H and O–H groups in total. The van der Waals surface area contributed by atoms with E-state index in [1.54, 1.807) is 4.90 Å². The van der Waals surface area contributed by atoms with Crippen molar-refractivity contribution in [1.82, 2.24) is 19.8 Å². The van der Waals surface area contributed by atoms with Crippen LogP contribution in [0.2, 0.25) is 5.02 Å². The molecule has 3 aromatic rings. The predicted octanol–water partition coefficient (Wildman–Crippen LogP) is 3.42. The van der Waals surface area contributed by atoms with Crippen LogP contribution in [0.5, 0.6) is 5.75 Å². The Morgan fingerprint density at radius 3 is 2.52 bits per heavy atom. The third-order valence-corrected chi connectivity index (χ3v) is 8.14. The fourth-order valence-corrected chi connectivity index (χ4v) is 5.73. The van der Waals surface area contributed by atoms with E-state index in [0.29, 0.717) is 44.6 Å². The molecule has 2 amide bonds. The average molecular weight is 602 g/mol. The molecule has 3 heterocycles. The lowest BCUT2D eigenvalue weighted by Gasteiger charge is -2.32. The number of hydrogen-bond donors (Lipinski definition) is 3. The fourth-order valence-electron chi connectivity index (χ4n) is 5.47. The maximum absolute atomic E-state index is 14.6. The highest BCUT2D eigenvalue weighted by atomic mass is 35.5. The number of carbonyl (C=O) groups excluding carboxylic acids is 3. The zero-order chi connectivity index (χ0) is 30.1. The molecule has 1 aromatic heterocycles. The van der Waals surface area contributed by atoms with Crippen LogP contribution in [0, 0.1) is 17.6 Å². The zero-order valence-corrected chi connectivity index (χ0v) is 23.8. The van der Waals surface area contributed by atoms with Gasteiger partial charge in [0.1, 0.15) is 0 Å². The lowest BCUT2D eigenvalue weighted by atomic mass is 9.88. The number of aliphatic hydroxyl groups is 1. The Kier molecular flexibility index (Phi) is 8.58. The molecule has 2 atom stereocenters. The molecule has 0 spiro atoms. The summed E-state index contributed by atoms with van der Waals surface area (Å²) in [5.41, 5.74) is 0.663. The summed E-state index contributed by atoms with van der Waals surface area (Å²) in [6.07, 6.45) is 2.23. The normalized spacial score (nSPS) is 19.1. The highest BCUT2D eigenvalue weighted by molar-refractivity contribution is 6.34. The van der Waals surface area contributed by atoms with Crippen molar-refractivity contribution in [1.29, 1.82) is 0 Å². The van der Waals surface area contributed by atoms with E-state index in [9.17, 15) is 28.3 Å². The van der Waals surface area contributed by atoms with Crippen LogP contribution < -0.4 is 15.4 Å². The van der Waals surface area contributed by atoms with Crippen LogP contribution >= 0.6 is 11.6 Å². The number of Topliss-reactive ketones (excluding diaryl/α,β-unsaturated/α-hetero) is 1. The number of nitrogens with one attached hydrogen (secondary N) is 2. The van der Waals surface area contributed by atoms with Crippen molar-refractivity contribution in [2.45, 2.75) is 31.4 Å². The van der Waals surface area contributed by atoms with Crippen LogP contribution in [-0.2, 0) is 11.8 Å². The van der Waals surface area contributed by atoms with Crippen LogP contribution in [0.1, 0.15) is 40.2 Å². The van der Waals surface area contributed by atoms with Gasteiger partial charge >= 0.3 is 0 Å². The first kappa shape index (κ1) is 29.6. The summed E-state index contributed by atoms with van der Waals surface area (Å²) in [4.78, 5) is 44.6. The average Bonchev–Trinajstić information content (AvgIpc) is 3.59. The van der Waals surface area contributed by atoms with E-state index >= 15 is 0 Å². The van der Waals surface area contributed by atoms with Crippen LogP contribution in [0.4, 0.5) is 14.5 Å². The van der Waals surface area contributed by atoms with Gasteiger partial charge < -0.3 is 29.9 Å². The van der Waals surface area contributed by atoms with E-state index in [1.165, 1.54) is 55.3 Å². The van der Waals surface area contributed by atoms with Gasteiger partial charge in [-0.15, -0.1) is 0 Å². The number of methoxy groups -OCH3 is 1. The maximum atomic E-state index is 14.6. The van der Waals surface area contributed by atoms with Gasteiger partial charge in [0.15, 0.2) is 23.2 Å². The highest BCUT2D eigenvalue weighted by Gasteiger charge is 2.35. The predicted molar refractivity (Wildman–Crippen MR) is 151 cm³/mol. The zero-order valence-electron chi connectivity index (χ0n) is 23.0. The number of nitrogens with zero attached hydrogens (tertiary/aromatic N) is 3. The molecule has 2 aliphatic rings. The Hall–Kier alpha value is -3.87. The second-order valence-electron chi connectivity index (χ2n) is 10.4. The van der Waals surface area contributed by atoms with E-state index in [0.717, 1.165) is 0 Å². The topological polar surface area (TPSA) is 126 Å². The summed E-state index contributed by atoms with van der Waals surface area (Å²) in [6, 6.07) is 6.78. The van der Waals surface area contributed by atoms with Gasteiger partial charge in [-0.2, -0.15) is 4.39 Å². The van der Waals surface area contributed by atoms with Crippen LogP contribution in [0.25, 0.3) is 11.3 Å². The molecule has 0 aliphatic carbocycles. The van der Waals surface area contributed by atoms with E-state index in [-0.39, 0.29) is 57.1 Å². The van der Waals surface area contributed by atoms with Crippen molar-refractivity contribution in [3.05, 3.63) is 64.6 Å². The molecule has 222 valence electrons. The molecule has 0 radical (unpaired) electrons. The Morgan fingerprint density at radius 2 is 1.88 bits per heavy atom. The summed E-state index contributed by atoms with van der Waals surface area (Å²) in [7, 11) is 2.73. The molecule has 0 bridgehead atoms. The number of benzene rings is 2. The van der Waals surface area contributed by atoms with Gasteiger partial charge in [0, 0.05) is 43.9 Å². The highest BCUT2D eigenvalue weighted by Crippen LogP contribution is 2.31. The van der Waals surface area contributed by atoms with Crippen LogP contribution in [0.15, 0.2) is 36.5 Å². The van der Waals surface area contributed by atoms with Gasteiger partial charge in [0.25, 0.3) is 11.8 Å². The molecule has 10 nitrogen and oxygen atoms in total.